The van der Waals surface area contributed by atoms with Gasteiger partial charge in [0.25, 0.3) is 0 Å². The SMILES string of the molecule is CNSc1ccc(-c2c[nH]c3nccc(OCC4(C)CCNCC4)c23)c(F)c1. The lowest BCUT2D eigenvalue weighted by molar-refractivity contribution is 0.124. The second kappa shape index (κ2) is 8.11. The molecule has 3 aromatic rings. The number of benzene rings is 1. The van der Waals surface area contributed by atoms with Crippen LogP contribution in [0.2, 0.25) is 0 Å². The standard InChI is InChI=1S/C21H25FN4OS/c1-21(6-9-24-10-7-21)13-27-18-5-8-25-20-19(18)16(12-26-20)15-4-3-14(28-23-2)11-17(15)22/h3-5,8,11-12,23-24H,6-7,9-10,13H2,1-2H3,(H,25,26). The van der Waals surface area contributed by atoms with Crippen molar-refractivity contribution in [3.63, 3.8) is 0 Å². The van der Waals surface area contributed by atoms with Crippen LogP contribution in [0.1, 0.15) is 19.8 Å². The van der Waals surface area contributed by atoms with E-state index >= 15 is 0 Å². The van der Waals surface area contributed by atoms with Crippen LogP contribution >= 0.6 is 11.9 Å². The van der Waals surface area contributed by atoms with Gasteiger partial charge in [-0.15, -0.1) is 0 Å². The molecule has 0 unspecified atom stereocenters. The van der Waals surface area contributed by atoms with E-state index in [0.717, 1.165) is 47.5 Å². The summed E-state index contributed by atoms with van der Waals surface area (Å²) in [5.74, 6) is 0.482. The van der Waals surface area contributed by atoms with Crippen LogP contribution < -0.4 is 14.8 Å². The molecule has 0 amide bonds. The minimum atomic E-state index is -0.263. The molecule has 0 bridgehead atoms. The zero-order valence-electron chi connectivity index (χ0n) is 16.1. The number of nitrogens with one attached hydrogen (secondary N) is 3. The lowest BCUT2D eigenvalue weighted by Gasteiger charge is -2.33. The number of hydrogen-bond acceptors (Lipinski definition) is 5. The third kappa shape index (κ3) is 3.87. The van der Waals surface area contributed by atoms with Crippen LogP contribution in [-0.4, -0.2) is 36.7 Å². The van der Waals surface area contributed by atoms with E-state index in [1.165, 1.54) is 11.9 Å². The highest BCUT2D eigenvalue weighted by Gasteiger charge is 2.28. The summed E-state index contributed by atoms with van der Waals surface area (Å²) in [5, 5.41) is 4.22. The van der Waals surface area contributed by atoms with E-state index in [9.17, 15) is 4.39 Å². The van der Waals surface area contributed by atoms with Gasteiger partial charge in [0, 0.05) is 33.8 Å². The van der Waals surface area contributed by atoms with E-state index < -0.39 is 0 Å². The largest absolute Gasteiger partial charge is 0.492 e. The Morgan fingerprint density at radius 1 is 1.25 bits per heavy atom. The molecule has 3 N–H and O–H groups in total. The molecule has 0 radical (unpaired) electrons. The number of pyridine rings is 1. The number of rotatable bonds is 6. The second-order valence-corrected chi connectivity index (χ2v) is 8.62. The fourth-order valence-electron chi connectivity index (χ4n) is 3.68. The van der Waals surface area contributed by atoms with E-state index in [2.05, 4.69) is 26.9 Å². The van der Waals surface area contributed by atoms with Gasteiger partial charge in [-0.3, -0.25) is 4.72 Å². The Kier molecular flexibility index (Phi) is 5.57. The van der Waals surface area contributed by atoms with Crippen molar-refractivity contribution < 1.29 is 9.13 Å². The smallest absolute Gasteiger partial charge is 0.141 e. The molecule has 4 rings (SSSR count). The minimum absolute atomic E-state index is 0.147. The zero-order valence-corrected chi connectivity index (χ0v) is 17.0. The molecule has 28 heavy (non-hydrogen) atoms. The minimum Gasteiger partial charge on any atom is -0.492 e. The summed E-state index contributed by atoms with van der Waals surface area (Å²) >= 11 is 1.39. The molecule has 7 heteroatoms. The Balaban J connectivity index is 1.67. The predicted molar refractivity (Wildman–Crippen MR) is 112 cm³/mol. The summed E-state index contributed by atoms with van der Waals surface area (Å²) in [6.07, 6.45) is 5.70. The molecule has 3 heterocycles. The molecule has 0 saturated carbocycles. The van der Waals surface area contributed by atoms with Gasteiger partial charge in [-0.05, 0) is 63.1 Å². The van der Waals surface area contributed by atoms with Crippen molar-refractivity contribution >= 4 is 23.0 Å². The molecule has 1 saturated heterocycles. The lowest BCUT2D eigenvalue weighted by atomic mass is 9.82. The molecule has 0 spiro atoms. The highest BCUT2D eigenvalue weighted by atomic mass is 32.2. The number of H-pyrrole nitrogens is 1. The molecule has 148 valence electrons. The van der Waals surface area contributed by atoms with Crippen molar-refractivity contribution in [2.45, 2.75) is 24.7 Å². The maximum atomic E-state index is 14.8. The number of aromatic amines is 1. The van der Waals surface area contributed by atoms with Crippen molar-refractivity contribution in [2.24, 2.45) is 5.41 Å². The van der Waals surface area contributed by atoms with Gasteiger partial charge in [-0.25, -0.2) is 9.37 Å². The monoisotopic (exact) mass is 400 g/mol. The van der Waals surface area contributed by atoms with Gasteiger partial charge in [-0.1, -0.05) is 13.0 Å². The van der Waals surface area contributed by atoms with Gasteiger partial charge in [0.15, 0.2) is 0 Å². The first-order valence-corrected chi connectivity index (χ1v) is 10.3. The summed E-state index contributed by atoms with van der Waals surface area (Å²) in [7, 11) is 1.81. The van der Waals surface area contributed by atoms with Gasteiger partial charge in [0.05, 0.1) is 12.0 Å². The van der Waals surface area contributed by atoms with Crippen molar-refractivity contribution in [1.82, 2.24) is 20.0 Å². The van der Waals surface area contributed by atoms with Crippen molar-refractivity contribution in [3.8, 4) is 16.9 Å². The summed E-state index contributed by atoms with van der Waals surface area (Å²) in [6, 6.07) is 7.13. The van der Waals surface area contributed by atoms with Crippen LogP contribution in [0.3, 0.4) is 0 Å². The molecular formula is C21H25FN4OS. The molecule has 1 fully saturated rings. The van der Waals surface area contributed by atoms with Crippen molar-refractivity contribution in [2.75, 3.05) is 26.7 Å². The Morgan fingerprint density at radius 3 is 2.82 bits per heavy atom. The fraction of sp³-hybridized carbons (Fsp3) is 0.381. The number of ether oxygens (including phenoxy) is 1. The van der Waals surface area contributed by atoms with E-state index in [4.69, 9.17) is 4.74 Å². The van der Waals surface area contributed by atoms with Gasteiger partial charge in [0.1, 0.15) is 17.2 Å². The van der Waals surface area contributed by atoms with E-state index in [1.54, 1.807) is 18.5 Å². The number of halogens is 1. The second-order valence-electron chi connectivity index (χ2n) is 7.53. The summed E-state index contributed by atoms with van der Waals surface area (Å²) in [6.45, 7) is 4.94. The third-order valence-corrected chi connectivity index (χ3v) is 6.07. The molecule has 0 atom stereocenters. The molecular weight excluding hydrogens is 375 g/mol. The number of nitrogens with zero attached hydrogens (tertiary/aromatic N) is 1. The number of piperidine rings is 1. The first kappa shape index (κ1) is 19.2. The molecule has 0 aliphatic carbocycles. The van der Waals surface area contributed by atoms with Crippen LogP contribution in [-0.2, 0) is 0 Å². The summed E-state index contributed by atoms with van der Waals surface area (Å²) in [5.41, 5.74) is 2.16. The van der Waals surface area contributed by atoms with Gasteiger partial charge in [0.2, 0.25) is 0 Å². The molecule has 1 aromatic carbocycles. The summed E-state index contributed by atoms with van der Waals surface area (Å²) < 4.78 is 24.0. The third-order valence-electron chi connectivity index (χ3n) is 5.37. The van der Waals surface area contributed by atoms with Crippen molar-refractivity contribution in [3.05, 3.63) is 42.5 Å². The van der Waals surface area contributed by atoms with E-state index in [0.29, 0.717) is 17.8 Å². The average molecular weight is 401 g/mol. The fourth-order valence-corrected chi connectivity index (χ4v) is 4.22. The van der Waals surface area contributed by atoms with E-state index in [1.807, 2.05) is 25.2 Å². The lowest BCUT2D eigenvalue weighted by Crippen LogP contribution is -2.38. The Hall–Kier alpha value is -2.09. The quantitative estimate of drug-likeness (QED) is 0.537. The van der Waals surface area contributed by atoms with Crippen LogP contribution in [0.5, 0.6) is 5.75 Å². The maximum Gasteiger partial charge on any atom is 0.141 e. The van der Waals surface area contributed by atoms with Gasteiger partial charge >= 0.3 is 0 Å². The molecule has 2 aromatic heterocycles. The number of fused-ring (bicyclic) bond motifs is 1. The summed E-state index contributed by atoms with van der Waals surface area (Å²) in [4.78, 5) is 8.38. The Morgan fingerprint density at radius 2 is 2.07 bits per heavy atom. The Bertz CT molecular complexity index is 968. The number of hydrogen-bond donors (Lipinski definition) is 3. The van der Waals surface area contributed by atoms with Crippen LogP contribution in [0.4, 0.5) is 4.39 Å². The predicted octanol–water partition coefficient (Wildman–Crippen LogP) is 4.36. The van der Waals surface area contributed by atoms with Crippen LogP contribution in [0.25, 0.3) is 22.2 Å². The van der Waals surface area contributed by atoms with Crippen LogP contribution in [0.15, 0.2) is 41.6 Å². The van der Waals surface area contributed by atoms with E-state index in [-0.39, 0.29) is 11.2 Å². The first-order chi connectivity index (χ1) is 13.6. The normalized spacial score (nSPS) is 16.4. The zero-order chi connectivity index (χ0) is 19.6. The highest BCUT2D eigenvalue weighted by molar-refractivity contribution is 7.97. The maximum absolute atomic E-state index is 14.8. The molecule has 1 aliphatic rings. The first-order valence-electron chi connectivity index (χ1n) is 9.53. The Labute approximate surface area is 168 Å². The molecule has 1 aliphatic heterocycles. The topological polar surface area (TPSA) is 62.0 Å². The molecule has 5 nitrogen and oxygen atoms in total. The van der Waals surface area contributed by atoms with Crippen molar-refractivity contribution in [1.29, 1.82) is 0 Å². The highest BCUT2D eigenvalue weighted by Crippen LogP contribution is 2.38. The average Bonchev–Trinajstić information content (AvgIpc) is 3.12. The van der Waals surface area contributed by atoms with Gasteiger partial charge < -0.3 is 15.0 Å². The van der Waals surface area contributed by atoms with Crippen LogP contribution in [0, 0.1) is 11.2 Å². The van der Waals surface area contributed by atoms with Gasteiger partial charge in [-0.2, -0.15) is 0 Å². The number of aromatic nitrogens is 2.